The Labute approximate surface area is 158 Å². The summed E-state index contributed by atoms with van der Waals surface area (Å²) in [6.07, 6.45) is 3.08. The molecule has 142 valence electrons. The number of Topliss-reactive ketones (excluding diaryl/α,β-unsaturated/α-hetero) is 1. The molecule has 3 heterocycles. The van der Waals surface area contributed by atoms with Gasteiger partial charge in [-0.3, -0.25) is 9.59 Å². The Bertz CT molecular complexity index is 706. The van der Waals surface area contributed by atoms with E-state index < -0.39 is 5.60 Å². The highest BCUT2D eigenvalue weighted by molar-refractivity contribution is 7.12. The molecule has 0 N–H and O–H groups in total. The molecule has 0 saturated carbocycles. The van der Waals surface area contributed by atoms with Gasteiger partial charge in [0.15, 0.2) is 5.78 Å². The topological polar surface area (TPSA) is 66.9 Å². The van der Waals surface area contributed by atoms with Crippen LogP contribution in [0, 0.1) is 0 Å². The fourth-order valence-corrected chi connectivity index (χ4v) is 4.54. The summed E-state index contributed by atoms with van der Waals surface area (Å²) in [6.45, 7) is 7.42. The molecule has 2 fully saturated rings. The molecule has 1 aromatic rings. The van der Waals surface area contributed by atoms with Crippen molar-refractivity contribution in [2.24, 2.45) is 0 Å². The van der Waals surface area contributed by atoms with Crippen molar-refractivity contribution in [1.29, 1.82) is 0 Å². The molecule has 26 heavy (non-hydrogen) atoms. The van der Waals surface area contributed by atoms with E-state index >= 15 is 0 Å². The van der Waals surface area contributed by atoms with Gasteiger partial charge in [-0.25, -0.2) is 4.79 Å². The number of ether oxygens (including phenoxy) is 1. The zero-order valence-corrected chi connectivity index (χ0v) is 16.4. The maximum Gasteiger partial charge on any atom is 0.410 e. The van der Waals surface area contributed by atoms with E-state index in [1.165, 1.54) is 18.3 Å². The van der Waals surface area contributed by atoms with Crippen molar-refractivity contribution >= 4 is 29.1 Å². The van der Waals surface area contributed by atoms with Crippen molar-refractivity contribution < 1.29 is 19.1 Å². The molecule has 6 nitrogen and oxygen atoms in total. The summed E-state index contributed by atoms with van der Waals surface area (Å²) in [5.74, 6) is -0.0741. The third-order valence-electron chi connectivity index (χ3n) is 5.39. The highest BCUT2D eigenvalue weighted by Gasteiger charge is 2.48. The van der Waals surface area contributed by atoms with Crippen LogP contribution in [0.3, 0.4) is 0 Å². The normalized spacial score (nSPS) is 20.3. The molecule has 2 aliphatic heterocycles. The van der Waals surface area contributed by atoms with Gasteiger partial charge in [-0.1, -0.05) is 13.3 Å². The van der Waals surface area contributed by atoms with Crippen LogP contribution in [-0.4, -0.2) is 58.9 Å². The van der Waals surface area contributed by atoms with Crippen LogP contribution in [0.5, 0.6) is 0 Å². The molecule has 3 rings (SSSR count). The monoisotopic (exact) mass is 378 g/mol. The van der Waals surface area contributed by atoms with Gasteiger partial charge >= 0.3 is 6.09 Å². The summed E-state index contributed by atoms with van der Waals surface area (Å²) >= 11 is 1.30. The van der Waals surface area contributed by atoms with Gasteiger partial charge in [0.05, 0.1) is 17.0 Å². The predicted molar refractivity (Wildman–Crippen MR) is 99.7 cm³/mol. The maximum absolute atomic E-state index is 12.7. The van der Waals surface area contributed by atoms with Gasteiger partial charge in [-0.15, -0.1) is 11.3 Å². The number of hydrogen-bond donors (Lipinski definition) is 0. The van der Waals surface area contributed by atoms with Crippen LogP contribution in [0.1, 0.15) is 66.5 Å². The minimum absolute atomic E-state index is 0.0224. The molecule has 2 saturated heterocycles. The number of carbonyl (C=O) groups is 3. The average molecular weight is 378 g/mol. The fraction of sp³-hybridized carbons (Fsp3) is 0.632. The Morgan fingerprint density at radius 2 is 2.04 bits per heavy atom. The summed E-state index contributed by atoms with van der Waals surface area (Å²) in [6, 6.07) is 1.85. The van der Waals surface area contributed by atoms with Gasteiger partial charge < -0.3 is 14.5 Å². The average Bonchev–Trinajstić information content (AvgIpc) is 3.21. The Kier molecular flexibility index (Phi) is 5.37. The summed E-state index contributed by atoms with van der Waals surface area (Å²) in [7, 11) is 0. The third-order valence-corrected chi connectivity index (χ3v) is 6.42. The summed E-state index contributed by atoms with van der Waals surface area (Å²) in [5.41, 5.74) is 0.104. The quantitative estimate of drug-likeness (QED) is 0.735. The van der Waals surface area contributed by atoms with E-state index in [1.807, 2.05) is 4.90 Å². The van der Waals surface area contributed by atoms with Crippen molar-refractivity contribution in [3.63, 3.8) is 0 Å². The van der Waals surface area contributed by atoms with Gasteiger partial charge in [0.1, 0.15) is 5.60 Å². The van der Waals surface area contributed by atoms with E-state index in [1.54, 1.807) is 16.3 Å². The molecule has 0 aromatic carbocycles. The molecule has 1 spiro atoms. The van der Waals surface area contributed by atoms with Crippen LogP contribution < -0.4 is 0 Å². The van der Waals surface area contributed by atoms with E-state index in [0.717, 1.165) is 12.8 Å². The van der Waals surface area contributed by atoms with Crippen LogP contribution in [0.15, 0.2) is 11.4 Å². The van der Waals surface area contributed by atoms with Crippen molar-refractivity contribution in [3.8, 4) is 0 Å². The van der Waals surface area contributed by atoms with Crippen LogP contribution >= 0.6 is 11.3 Å². The number of carbonyl (C=O) groups excluding carboxylic acids is 3. The van der Waals surface area contributed by atoms with Crippen molar-refractivity contribution in [2.45, 2.75) is 58.1 Å². The van der Waals surface area contributed by atoms with Gasteiger partial charge in [0.2, 0.25) is 0 Å². The number of ketones is 1. The second-order valence-electron chi connectivity index (χ2n) is 7.36. The lowest BCUT2D eigenvalue weighted by molar-refractivity contribution is 0.00308. The molecule has 1 atom stereocenters. The predicted octanol–water partition coefficient (Wildman–Crippen LogP) is 3.57. The lowest BCUT2D eigenvalue weighted by atomic mass is 9.90. The standard InChI is InChI=1S/C19H26N2O4S/c1-4-5-13(2)21-12-19(25-18(21)24)6-8-20(9-7-19)17(23)15-10-16(14(3)22)26-11-15/h10-11,13H,4-9,12H2,1-3H3. The highest BCUT2D eigenvalue weighted by atomic mass is 32.1. The number of rotatable bonds is 5. The molecular weight excluding hydrogens is 352 g/mol. The number of likely N-dealkylation sites (tertiary alicyclic amines) is 1. The second kappa shape index (κ2) is 7.39. The first-order valence-corrected chi connectivity index (χ1v) is 10.1. The second-order valence-corrected chi connectivity index (χ2v) is 8.28. The first-order valence-electron chi connectivity index (χ1n) is 9.23. The Morgan fingerprint density at radius 1 is 1.35 bits per heavy atom. The number of thiophene rings is 1. The van der Waals surface area contributed by atoms with Crippen LogP contribution in [-0.2, 0) is 4.74 Å². The molecule has 2 amide bonds. The number of hydrogen-bond acceptors (Lipinski definition) is 5. The molecule has 7 heteroatoms. The molecular formula is C19H26N2O4S. The van der Waals surface area contributed by atoms with E-state index in [-0.39, 0.29) is 23.8 Å². The summed E-state index contributed by atoms with van der Waals surface area (Å²) < 4.78 is 5.75. The largest absolute Gasteiger partial charge is 0.441 e. The zero-order valence-electron chi connectivity index (χ0n) is 15.6. The molecule has 1 unspecified atom stereocenters. The smallest absolute Gasteiger partial charge is 0.410 e. The highest BCUT2D eigenvalue weighted by Crippen LogP contribution is 2.35. The van der Waals surface area contributed by atoms with Crippen molar-refractivity contribution in [3.05, 3.63) is 21.9 Å². The zero-order chi connectivity index (χ0) is 18.9. The van der Waals surface area contributed by atoms with Crippen molar-refractivity contribution in [1.82, 2.24) is 9.80 Å². The molecule has 0 bridgehead atoms. The lowest BCUT2D eigenvalue weighted by Crippen LogP contribution is -2.49. The van der Waals surface area contributed by atoms with Crippen molar-refractivity contribution in [2.75, 3.05) is 19.6 Å². The van der Waals surface area contributed by atoms with E-state index in [4.69, 9.17) is 4.74 Å². The SMILES string of the molecule is CCCC(C)N1CC2(CCN(C(=O)c3csc(C(C)=O)c3)CC2)OC1=O. The molecule has 0 radical (unpaired) electrons. The minimum Gasteiger partial charge on any atom is -0.441 e. The summed E-state index contributed by atoms with van der Waals surface area (Å²) in [4.78, 5) is 40.6. The van der Waals surface area contributed by atoms with E-state index in [0.29, 0.717) is 42.9 Å². The first kappa shape index (κ1) is 18.9. The number of nitrogens with zero attached hydrogens (tertiary/aromatic N) is 2. The minimum atomic E-state index is -0.463. The lowest BCUT2D eigenvalue weighted by Gasteiger charge is -2.37. The first-order chi connectivity index (χ1) is 12.3. The van der Waals surface area contributed by atoms with Crippen LogP contribution in [0.4, 0.5) is 4.79 Å². The van der Waals surface area contributed by atoms with Gasteiger partial charge in [-0.2, -0.15) is 0 Å². The van der Waals surface area contributed by atoms with E-state index in [9.17, 15) is 14.4 Å². The van der Waals surface area contributed by atoms with Gasteiger partial charge in [0.25, 0.3) is 5.91 Å². The summed E-state index contributed by atoms with van der Waals surface area (Å²) in [5, 5.41) is 1.74. The van der Waals surface area contributed by atoms with Crippen LogP contribution in [0.2, 0.25) is 0 Å². The number of amides is 2. The van der Waals surface area contributed by atoms with E-state index in [2.05, 4.69) is 13.8 Å². The fourth-order valence-electron chi connectivity index (χ4n) is 3.75. The Morgan fingerprint density at radius 3 is 2.62 bits per heavy atom. The molecule has 0 aliphatic carbocycles. The van der Waals surface area contributed by atoms with Gasteiger partial charge in [0, 0.05) is 37.4 Å². The van der Waals surface area contributed by atoms with Gasteiger partial charge in [-0.05, 0) is 26.3 Å². The maximum atomic E-state index is 12.7. The molecule has 2 aliphatic rings. The molecule has 1 aromatic heterocycles. The Hall–Kier alpha value is -1.89. The Balaban J connectivity index is 1.61. The van der Waals surface area contributed by atoms with Crippen LogP contribution in [0.25, 0.3) is 0 Å². The third kappa shape index (κ3) is 3.63. The number of piperidine rings is 1.